The molecule has 0 heteroatoms. The first-order valence-electron chi connectivity index (χ1n) is 9.14. The van der Waals surface area contributed by atoms with E-state index in [1.165, 1.54) is 56.1 Å². The Morgan fingerprint density at radius 1 is 0.857 bits per heavy atom. The molecule has 0 spiro atoms. The molecule has 0 heterocycles. The Morgan fingerprint density at radius 2 is 1.52 bits per heavy atom. The van der Waals surface area contributed by atoms with Gasteiger partial charge in [0.05, 0.1) is 0 Å². The van der Waals surface area contributed by atoms with Gasteiger partial charge in [-0.05, 0) is 49.5 Å². The van der Waals surface area contributed by atoms with Gasteiger partial charge >= 0.3 is 0 Å². The molecule has 0 bridgehead atoms. The van der Waals surface area contributed by atoms with Gasteiger partial charge in [0, 0.05) is 0 Å². The van der Waals surface area contributed by atoms with Crippen molar-refractivity contribution in [3.63, 3.8) is 0 Å². The fraction of sp³-hybridized carbons (Fsp3) is 0.714. The topological polar surface area (TPSA) is 0 Å². The van der Waals surface area contributed by atoms with E-state index in [1.54, 1.807) is 0 Å². The molecule has 0 aromatic heterocycles. The van der Waals surface area contributed by atoms with Crippen molar-refractivity contribution in [3.8, 4) is 0 Å². The molecule has 0 N–H and O–H groups in total. The highest BCUT2D eigenvalue weighted by Gasteiger charge is 2.23. The summed E-state index contributed by atoms with van der Waals surface area (Å²) < 4.78 is 0. The van der Waals surface area contributed by atoms with Crippen LogP contribution in [0, 0.1) is 24.7 Å². The lowest BCUT2D eigenvalue weighted by atomic mass is 9.75. The molecule has 0 aliphatic carbocycles. The van der Waals surface area contributed by atoms with Gasteiger partial charge in [-0.1, -0.05) is 83.2 Å². The van der Waals surface area contributed by atoms with Crippen LogP contribution < -0.4 is 0 Å². The van der Waals surface area contributed by atoms with E-state index in [0.29, 0.717) is 0 Å². The van der Waals surface area contributed by atoms with Gasteiger partial charge in [-0.25, -0.2) is 0 Å². The first-order chi connectivity index (χ1) is 10.1. The van der Waals surface area contributed by atoms with E-state index in [1.807, 2.05) is 0 Å². The van der Waals surface area contributed by atoms with Gasteiger partial charge in [0.2, 0.25) is 0 Å². The van der Waals surface area contributed by atoms with E-state index < -0.39 is 0 Å². The Hall–Kier alpha value is -0.780. The number of hydrogen-bond donors (Lipinski definition) is 0. The molecule has 1 aromatic carbocycles. The summed E-state index contributed by atoms with van der Waals surface area (Å²) in [5.41, 5.74) is 2.88. The largest absolute Gasteiger partial charge is 0.0654 e. The van der Waals surface area contributed by atoms with Crippen molar-refractivity contribution < 1.29 is 0 Å². The van der Waals surface area contributed by atoms with Crippen molar-refractivity contribution >= 4 is 0 Å². The highest BCUT2D eigenvalue weighted by molar-refractivity contribution is 5.21. The molecule has 0 aliphatic heterocycles. The third-order valence-corrected chi connectivity index (χ3v) is 4.94. The monoisotopic (exact) mass is 288 g/mol. The van der Waals surface area contributed by atoms with E-state index in [2.05, 4.69) is 58.9 Å². The van der Waals surface area contributed by atoms with Gasteiger partial charge in [0.25, 0.3) is 0 Å². The lowest BCUT2D eigenvalue weighted by Gasteiger charge is -2.30. The molecule has 0 nitrogen and oxygen atoms in total. The quantitative estimate of drug-likeness (QED) is 0.444. The van der Waals surface area contributed by atoms with Crippen molar-refractivity contribution in [3.05, 3.63) is 35.4 Å². The molecule has 0 fully saturated rings. The van der Waals surface area contributed by atoms with E-state index in [-0.39, 0.29) is 0 Å². The minimum Gasteiger partial charge on any atom is -0.0654 e. The van der Waals surface area contributed by atoms with Gasteiger partial charge in [-0.3, -0.25) is 0 Å². The SMILES string of the molecule is CCCCC(C(C)C)C(CCC)CCc1ccc(C)cc1. The molecule has 0 radical (unpaired) electrons. The summed E-state index contributed by atoms with van der Waals surface area (Å²) >= 11 is 0. The summed E-state index contributed by atoms with van der Waals surface area (Å²) in [5, 5.41) is 0. The maximum atomic E-state index is 2.43. The van der Waals surface area contributed by atoms with Crippen LogP contribution in [0.1, 0.15) is 77.3 Å². The normalized spacial score (nSPS) is 14.4. The molecular formula is C21H36. The number of benzene rings is 1. The van der Waals surface area contributed by atoms with Crippen LogP contribution in [0.5, 0.6) is 0 Å². The Bertz CT molecular complexity index is 360. The molecular weight excluding hydrogens is 252 g/mol. The Labute approximate surface area is 133 Å². The van der Waals surface area contributed by atoms with Crippen LogP contribution in [0.2, 0.25) is 0 Å². The molecule has 0 saturated heterocycles. The smallest absolute Gasteiger partial charge is 0.0276 e. The second-order valence-corrected chi connectivity index (χ2v) is 7.12. The average molecular weight is 289 g/mol. The lowest BCUT2D eigenvalue weighted by Crippen LogP contribution is -2.21. The van der Waals surface area contributed by atoms with E-state index >= 15 is 0 Å². The Balaban J connectivity index is 2.63. The van der Waals surface area contributed by atoms with E-state index in [9.17, 15) is 0 Å². The number of aryl methyl sites for hydroxylation is 2. The second-order valence-electron chi connectivity index (χ2n) is 7.12. The zero-order valence-corrected chi connectivity index (χ0v) is 15.0. The second kappa shape index (κ2) is 10.0. The summed E-state index contributed by atoms with van der Waals surface area (Å²) in [6, 6.07) is 9.13. The summed E-state index contributed by atoms with van der Waals surface area (Å²) in [5.74, 6) is 2.64. The zero-order chi connectivity index (χ0) is 15.7. The number of hydrogen-bond acceptors (Lipinski definition) is 0. The highest BCUT2D eigenvalue weighted by atomic mass is 14.3. The first kappa shape index (κ1) is 18.3. The summed E-state index contributed by atoms with van der Waals surface area (Å²) in [4.78, 5) is 0. The van der Waals surface area contributed by atoms with Crippen molar-refractivity contribution in [2.24, 2.45) is 17.8 Å². The average Bonchev–Trinajstić information content (AvgIpc) is 2.46. The van der Waals surface area contributed by atoms with Crippen LogP contribution in [0.4, 0.5) is 0 Å². The molecule has 21 heavy (non-hydrogen) atoms. The molecule has 1 rings (SSSR count). The van der Waals surface area contributed by atoms with Crippen molar-refractivity contribution in [1.82, 2.24) is 0 Å². The van der Waals surface area contributed by atoms with Gasteiger partial charge in [0.1, 0.15) is 0 Å². The van der Waals surface area contributed by atoms with Crippen LogP contribution in [-0.4, -0.2) is 0 Å². The van der Waals surface area contributed by atoms with E-state index in [4.69, 9.17) is 0 Å². The van der Waals surface area contributed by atoms with Crippen molar-refractivity contribution in [1.29, 1.82) is 0 Å². The van der Waals surface area contributed by atoms with Gasteiger partial charge in [-0.15, -0.1) is 0 Å². The fourth-order valence-electron chi connectivity index (χ4n) is 3.60. The molecule has 120 valence electrons. The maximum absolute atomic E-state index is 2.43. The predicted molar refractivity (Wildman–Crippen MR) is 95.8 cm³/mol. The van der Waals surface area contributed by atoms with Crippen molar-refractivity contribution in [2.45, 2.75) is 79.6 Å². The van der Waals surface area contributed by atoms with Crippen LogP contribution in [0.15, 0.2) is 24.3 Å². The van der Waals surface area contributed by atoms with Crippen LogP contribution >= 0.6 is 0 Å². The summed E-state index contributed by atoms with van der Waals surface area (Å²) in [6.07, 6.45) is 9.50. The minimum atomic E-state index is 0.825. The fourth-order valence-corrected chi connectivity index (χ4v) is 3.60. The number of rotatable bonds is 10. The third kappa shape index (κ3) is 6.68. The van der Waals surface area contributed by atoms with Gasteiger partial charge in [-0.2, -0.15) is 0 Å². The van der Waals surface area contributed by atoms with Crippen molar-refractivity contribution in [2.75, 3.05) is 0 Å². The van der Waals surface area contributed by atoms with Gasteiger partial charge in [0.15, 0.2) is 0 Å². The molecule has 0 amide bonds. The van der Waals surface area contributed by atoms with Crippen LogP contribution in [0.3, 0.4) is 0 Å². The standard InChI is InChI=1S/C21H36/c1-6-8-10-21(17(3)4)20(9-7-2)16-15-19-13-11-18(5)12-14-19/h11-14,17,20-21H,6-10,15-16H2,1-5H3. The zero-order valence-electron chi connectivity index (χ0n) is 15.0. The Kier molecular flexibility index (Phi) is 8.73. The predicted octanol–water partition coefficient (Wildman–Crippen LogP) is 6.81. The lowest BCUT2D eigenvalue weighted by molar-refractivity contribution is 0.207. The Morgan fingerprint density at radius 3 is 2.05 bits per heavy atom. The molecule has 1 aromatic rings. The minimum absolute atomic E-state index is 0.825. The number of unbranched alkanes of at least 4 members (excludes halogenated alkanes) is 1. The van der Waals surface area contributed by atoms with Crippen LogP contribution in [0.25, 0.3) is 0 Å². The van der Waals surface area contributed by atoms with Crippen LogP contribution in [-0.2, 0) is 6.42 Å². The maximum Gasteiger partial charge on any atom is -0.0276 e. The summed E-state index contributed by atoms with van der Waals surface area (Å²) in [7, 11) is 0. The highest BCUT2D eigenvalue weighted by Crippen LogP contribution is 2.33. The third-order valence-electron chi connectivity index (χ3n) is 4.94. The molecule has 2 unspecified atom stereocenters. The van der Waals surface area contributed by atoms with E-state index in [0.717, 1.165) is 17.8 Å². The van der Waals surface area contributed by atoms with Gasteiger partial charge < -0.3 is 0 Å². The first-order valence-corrected chi connectivity index (χ1v) is 9.14. The molecule has 0 aliphatic rings. The molecule has 2 atom stereocenters. The summed E-state index contributed by atoms with van der Waals surface area (Å²) in [6.45, 7) is 11.7. The molecule has 0 saturated carbocycles.